The highest BCUT2D eigenvalue weighted by Gasteiger charge is 2.02. The molecule has 5 nitrogen and oxygen atoms in total. The molecule has 2 aromatic rings. The molecule has 0 atom stereocenters. The number of nitrogens with two attached hydrogens (primary N) is 1. The summed E-state index contributed by atoms with van der Waals surface area (Å²) in [6, 6.07) is 9.40. The minimum atomic E-state index is 0.589. The summed E-state index contributed by atoms with van der Waals surface area (Å²) in [6.45, 7) is 2.80. The van der Waals surface area contributed by atoms with E-state index in [4.69, 9.17) is 10.6 Å². The van der Waals surface area contributed by atoms with Crippen LogP contribution in [0.4, 0.5) is 5.82 Å². The van der Waals surface area contributed by atoms with Crippen molar-refractivity contribution in [2.45, 2.75) is 13.3 Å². The Morgan fingerprint density at radius 2 is 2.00 bits per heavy atom. The van der Waals surface area contributed by atoms with Gasteiger partial charge in [-0.15, -0.1) is 0 Å². The number of rotatable bonds is 5. The smallest absolute Gasteiger partial charge is 0.161 e. The van der Waals surface area contributed by atoms with Gasteiger partial charge in [0.05, 0.1) is 6.61 Å². The minimum absolute atomic E-state index is 0.589. The van der Waals surface area contributed by atoms with Crippen molar-refractivity contribution in [3.63, 3.8) is 0 Å². The van der Waals surface area contributed by atoms with Gasteiger partial charge in [0, 0.05) is 17.8 Å². The van der Waals surface area contributed by atoms with Crippen molar-refractivity contribution < 1.29 is 4.74 Å². The Labute approximate surface area is 106 Å². The first-order valence-electron chi connectivity index (χ1n) is 5.86. The standard InChI is InChI=1S/C13H16N4O/c1-2-9-18-11-5-3-10(4-6-11)13-15-8-7-12(16-13)17-14/h3-8H,2,9,14H2,1H3,(H,15,16,17). The van der Waals surface area contributed by atoms with Crippen molar-refractivity contribution in [3.05, 3.63) is 36.5 Å². The molecule has 0 saturated carbocycles. The number of benzene rings is 1. The van der Waals surface area contributed by atoms with Crippen LogP contribution in [0.5, 0.6) is 5.75 Å². The Morgan fingerprint density at radius 1 is 1.22 bits per heavy atom. The van der Waals surface area contributed by atoms with E-state index >= 15 is 0 Å². The first-order chi connectivity index (χ1) is 8.83. The van der Waals surface area contributed by atoms with Crippen LogP contribution in [0, 0.1) is 0 Å². The van der Waals surface area contributed by atoms with Crippen LogP contribution in [0.2, 0.25) is 0 Å². The quantitative estimate of drug-likeness (QED) is 0.623. The van der Waals surface area contributed by atoms with E-state index in [0.717, 1.165) is 24.3 Å². The maximum absolute atomic E-state index is 5.52. The molecule has 5 heteroatoms. The van der Waals surface area contributed by atoms with Gasteiger partial charge in [0.2, 0.25) is 0 Å². The van der Waals surface area contributed by atoms with Crippen molar-refractivity contribution in [3.8, 4) is 17.1 Å². The van der Waals surface area contributed by atoms with Crippen molar-refractivity contribution >= 4 is 5.82 Å². The van der Waals surface area contributed by atoms with Crippen LogP contribution in [0.15, 0.2) is 36.5 Å². The molecule has 2 rings (SSSR count). The lowest BCUT2D eigenvalue weighted by Crippen LogP contribution is -2.09. The second-order valence-corrected chi connectivity index (χ2v) is 3.78. The zero-order valence-electron chi connectivity index (χ0n) is 10.3. The maximum Gasteiger partial charge on any atom is 0.161 e. The summed E-state index contributed by atoms with van der Waals surface area (Å²) >= 11 is 0. The van der Waals surface area contributed by atoms with Crippen LogP contribution in [0.25, 0.3) is 11.4 Å². The molecule has 3 N–H and O–H groups in total. The molecule has 94 valence electrons. The molecular weight excluding hydrogens is 228 g/mol. The summed E-state index contributed by atoms with van der Waals surface area (Å²) < 4.78 is 5.52. The molecule has 1 heterocycles. The largest absolute Gasteiger partial charge is 0.494 e. The van der Waals surface area contributed by atoms with Crippen LogP contribution in [0.1, 0.15) is 13.3 Å². The molecule has 0 saturated heterocycles. The Balaban J connectivity index is 2.17. The molecular formula is C13H16N4O. The Bertz CT molecular complexity index is 499. The number of nitrogens with zero attached hydrogens (tertiary/aromatic N) is 2. The highest BCUT2D eigenvalue weighted by atomic mass is 16.5. The lowest BCUT2D eigenvalue weighted by atomic mass is 10.2. The zero-order chi connectivity index (χ0) is 12.8. The number of anilines is 1. The van der Waals surface area contributed by atoms with Gasteiger partial charge in [0.1, 0.15) is 11.6 Å². The SMILES string of the molecule is CCCOc1ccc(-c2nccc(NN)n2)cc1. The summed E-state index contributed by atoms with van der Waals surface area (Å²) in [5.74, 6) is 7.39. The Hall–Kier alpha value is -2.14. The van der Waals surface area contributed by atoms with Gasteiger partial charge in [-0.3, -0.25) is 0 Å². The van der Waals surface area contributed by atoms with Gasteiger partial charge in [-0.2, -0.15) is 0 Å². The molecule has 1 aromatic heterocycles. The van der Waals surface area contributed by atoms with Gasteiger partial charge < -0.3 is 10.2 Å². The predicted molar refractivity (Wildman–Crippen MR) is 71.1 cm³/mol. The lowest BCUT2D eigenvalue weighted by Gasteiger charge is -2.06. The molecule has 0 radical (unpaired) electrons. The van der Waals surface area contributed by atoms with Gasteiger partial charge in [-0.05, 0) is 30.7 Å². The summed E-state index contributed by atoms with van der Waals surface area (Å²) in [7, 11) is 0. The highest BCUT2D eigenvalue weighted by molar-refractivity contribution is 5.57. The summed E-state index contributed by atoms with van der Waals surface area (Å²) in [4.78, 5) is 8.47. The van der Waals surface area contributed by atoms with Gasteiger partial charge in [0.25, 0.3) is 0 Å². The number of ether oxygens (including phenoxy) is 1. The monoisotopic (exact) mass is 244 g/mol. The number of nitrogen functional groups attached to an aromatic ring is 1. The van der Waals surface area contributed by atoms with Crippen LogP contribution in [-0.4, -0.2) is 16.6 Å². The van der Waals surface area contributed by atoms with Crippen LogP contribution >= 0.6 is 0 Å². The van der Waals surface area contributed by atoms with Crippen molar-refractivity contribution in [1.82, 2.24) is 9.97 Å². The summed E-state index contributed by atoms with van der Waals surface area (Å²) in [5, 5.41) is 0. The van der Waals surface area contributed by atoms with Crippen LogP contribution in [-0.2, 0) is 0 Å². The summed E-state index contributed by atoms with van der Waals surface area (Å²) in [6.07, 6.45) is 2.66. The lowest BCUT2D eigenvalue weighted by molar-refractivity contribution is 0.317. The van der Waals surface area contributed by atoms with E-state index in [9.17, 15) is 0 Å². The molecule has 0 amide bonds. The number of hydrazine groups is 1. The third kappa shape index (κ3) is 2.95. The van der Waals surface area contributed by atoms with E-state index in [1.54, 1.807) is 12.3 Å². The fraction of sp³-hybridized carbons (Fsp3) is 0.231. The summed E-state index contributed by atoms with van der Waals surface area (Å²) in [5.41, 5.74) is 3.43. The predicted octanol–water partition coefficient (Wildman–Crippen LogP) is 2.22. The maximum atomic E-state index is 5.52. The zero-order valence-corrected chi connectivity index (χ0v) is 10.3. The van der Waals surface area contributed by atoms with E-state index in [-0.39, 0.29) is 0 Å². The number of nitrogens with one attached hydrogen (secondary N) is 1. The first-order valence-corrected chi connectivity index (χ1v) is 5.86. The van der Waals surface area contributed by atoms with Crippen LogP contribution < -0.4 is 16.0 Å². The van der Waals surface area contributed by atoms with E-state index in [0.29, 0.717) is 11.6 Å². The number of hydrogen-bond donors (Lipinski definition) is 2. The Kier molecular flexibility index (Phi) is 4.09. The molecule has 0 aliphatic carbocycles. The number of hydrogen-bond acceptors (Lipinski definition) is 5. The average Bonchev–Trinajstić information content (AvgIpc) is 2.46. The van der Waals surface area contributed by atoms with Gasteiger partial charge in [0.15, 0.2) is 5.82 Å². The fourth-order valence-electron chi connectivity index (χ4n) is 1.50. The van der Waals surface area contributed by atoms with Gasteiger partial charge in [-0.1, -0.05) is 6.92 Å². The van der Waals surface area contributed by atoms with Gasteiger partial charge >= 0.3 is 0 Å². The molecule has 0 fully saturated rings. The molecule has 0 aliphatic rings. The van der Waals surface area contributed by atoms with Crippen molar-refractivity contribution in [1.29, 1.82) is 0 Å². The van der Waals surface area contributed by atoms with Crippen LogP contribution in [0.3, 0.4) is 0 Å². The Morgan fingerprint density at radius 3 is 2.67 bits per heavy atom. The normalized spacial score (nSPS) is 10.1. The molecule has 18 heavy (non-hydrogen) atoms. The first kappa shape index (κ1) is 12.3. The molecule has 1 aromatic carbocycles. The number of aromatic nitrogens is 2. The van der Waals surface area contributed by atoms with E-state index in [1.165, 1.54) is 0 Å². The second-order valence-electron chi connectivity index (χ2n) is 3.78. The third-order valence-corrected chi connectivity index (χ3v) is 2.39. The van der Waals surface area contributed by atoms with Gasteiger partial charge in [-0.25, -0.2) is 15.8 Å². The van der Waals surface area contributed by atoms with Crippen molar-refractivity contribution in [2.75, 3.05) is 12.0 Å². The molecule has 0 spiro atoms. The topological polar surface area (TPSA) is 73.1 Å². The van der Waals surface area contributed by atoms with Crippen molar-refractivity contribution in [2.24, 2.45) is 5.84 Å². The molecule has 0 aliphatic heterocycles. The highest BCUT2D eigenvalue weighted by Crippen LogP contribution is 2.20. The van der Waals surface area contributed by atoms with E-state index < -0.39 is 0 Å². The third-order valence-electron chi connectivity index (χ3n) is 2.39. The molecule has 0 unspecified atom stereocenters. The molecule has 0 bridgehead atoms. The fourth-order valence-corrected chi connectivity index (χ4v) is 1.50. The van der Waals surface area contributed by atoms with E-state index in [2.05, 4.69) is 22.3 Å². The van der Waals surface area contributed by atoms with E-state index in [1.807, 2.05) is 24.3 Å². The average molecular weight is 244 g/mol. The minimum Gasteiger partial charge on any atom is -0.494 e. The second kappa shape index (κ2) is 5.97.